The summed E-state index contributed by atoms with van der Waals surface area (Å²) in [7, 11) is 1.35. The summed E-state index contributed by atoms with van der Waals surface area (Å²) in [6, 6.07) is 2.75. The second-order valence-electron chi connectivity index (χ2n) is 6.07. The third-order valence-corrected chi connectivity index (χ3v) is 5.65. The predicted molar refractivity (Wildman–Crippen MR) is 86.8 cm³/mol. The van der Waals surface area contributed by atoms with Crippen LogP contribution in [0.5, 0.6) is 0 Å². The standard InChI is InChI=1S/C16H17N3O3S/c1-22-16(21)10-7-23-14-6-17-13(5-9(10)14)15(20)19-12-4-8-2-3-11(12)18-8/h5-8,11-12,18H,2-4H2,1H3,(H,19,20)/t8-,11+,12-/m1/s1. The number of methoxy groups -OCH3 is 1. The molecule has 23 heavy (non-hydrogen) atoms. The van der Waals surface area contributed by atoms with Gasteiger partial charge < -0.3 is 15.4 Å². The number of aromatic nitrogens is 1. The Balaban J connectivity index is 1.58. The van der Waals surface area contributed by atoms with Crippen LogP contribution in [0.1, 0.15) is 40.1 Å². The minimum Gasteiger partial charge on any atom is -0.465 e. The van der Waals surface area contributed by atoms with E-state index in [0.717, 1.165) is 17.5 Å². The Bertz CT molecular complexity index is 788. The van der Waals surface area contributed by atoms with Crippen molar-refractivity contribution in [2.75, 3.05) is 7.11 Å². The van der Waals surface area contributed by atoms with Gasteiger partial charge in [0.25, 0.3) is 5.91 Å². The molecule has 4 heterocycles. The molecule has 0 radical (unpaired) electrons. The molecule has 2 bridgehead atoms. The predicted octanol–water partition coefficient (Wildman–Crippen LogP) is 1.71. The molecule has 2 aliphatic heterocycles. The second kappa shape index (κ2) is 5.58. The largest absolute Gasteiger partial charge is 0.465 e. The fraction of sp³-hybridized carbons (Fsp3) is 0.438. The zero-order valence-electron chi connectivity index (χ0n) is 12.7. The van der Waals surface area contributed by atoms with E-state index in [9.17, 15) is 9.59 Å². The third kappa shape index (κ3) is 2.49. The summed E-state index contributed by atoms with van der Waals surface area (Å²) in [5, 5.41) is 9.02. The SMILES string of the molecule is COC(=O)c1csc2cnc(C(=O)N[C@@H]3C[C@H]4CC[C@@H]3N4)cc12. The van der Waals surface area contributed by atoms with E-state index >= 15 is 0 Å². The van der Waals surface area contributed by atoms with Gasteiger partial charge in [-0.25, -0.2) is 9.78 Å². The Labute approximate surface area is 137 Å². The third-order valence-electron chi connectivity index (χ3n) is 4.72. The summed E-state index contributed by atoms with van der Waals surface area (Å²) in [5.74, 6) is -0.584. The van der Waals surface area contributed by atoms with Gasteiger partial charge in [-0.1, -0.05) is 0 Å². The summed E-state index contributed by atoms with van der Waals surface area (Å²) in [5.41, 5.74) is 0.814. The van der Waals surface area contributed by atoms with Crippen LogP contribution in [0.3, 0.4) is 0 Å². The van der Waals surface area contributed by atoms with Crippen LogP contribution in [0, 0.1) is 0 Å². The first-order chi connectivity index (χ1) is 11.2. The molecule has 2 saturated heterocycles. The molecule has 1 amide bonds. The van der Waals surface area contributed by atoms with Crippen molar-refractivity contribution in [1.82, 2.24) is 15.6 Å². The average molecular weight is 331 g/mol. The number of hydrogen-bond donors (Lipinski definition) is 2. The second-order valence-corrected chi connectivity index (χ2v) is 6.98. The van der Waals surface area contributed by atoms with Crippen LogP contribution in [0.25, 0.3) is 10.1 Å². The van der Waals surface area contributed by atoms with Crippen LogP contribution in [-0.4, -0.2) is 42.1 Å². The van der Waals surface area contributed by atoms with Gasteiger partial charge >= 0.3 is 5.97 Å². The van der Waals surface area contributed by atoms with Crippen LogP contribution in [0.15, 0.2) is 17.6 Å². The van der Waals surface area contributed by atoms with E-state index in [2.05, 4.69) is 15.6 Å². The molecule has 2 fully saturated rings. The summed E-state index contributed by atoms with van der Waals surface area (Å²) >= 11 is 1.42. The zero-order valence-corrected chi connectivity index (χ0v) is 13.5. The summed E-state index contributed by atoms with van der Waals surface area (Å²) in [6.07, 6.45) is 4.92. The topological polar surface area (TPSA) is 80.3 Å². The number of hydrogen-bond acceptors (Lipinski definition) is 6. The lowest BCUT2D eigenvalue weighted by atomic mass is 9.95. The molecule has 2 aliphatic rings. The van der Waals surface area contributed by atoms with Crippen molar-refractivity contribution in [2.45, 2.75) is 37.4 Å². The average Bonchev–Trinajstić information content (AvgIpc) is 3.28. The smallest absolute Gasteiger partial charge is 0.339 e. The number of esters is 1. The quantitative estimate of drug-likeness (QED) is 0.837. The Hall–Kier alpha value is -1.99. The van der Waals surface area contributed by atoms with Crippen LogP contribution < -0.4 is 10.6 Å². The highest BCUT2D eigenvalue weighted by Gasteiger charge is 2.39. The van der Waals surface area contributed by atoms with Crippen LogP contribution in [-0.2, 0) is 4.74 Å². The van der Waals surface area contributed by atoms with E-state index in [4.69, 9.17) is 4.74 Å². The number of carbonyl (C=O) groups is 2. The van der Waals surface area contributed by atoms with Crippen molar-refractivity contribution in [3.63, 3.8) is 0 Å². The highest BCUT2D eigenvalue weighted by molar-refractivity contribution is 7.17. The van der Waals surface area contributed by atoms with Gasteiger partial charge in [-0.15, -0.1) is 11.3 Å². The number of amides is 1. The lowest BCUT2D eigenvalue weighted by molar-refractivity contribution is 0.0603. The molecule has 0 aromatic carbocycles. The molecule has 2 aromatic heterocycles. The molecule has 0 aliphatic carbocycles. The number of fused-ring (bicyclic) bond motifs is 3. The number of nitrogens with one attached hydrogen (secondary N) is 2. The molecule has 0 saturated carbocycles. The van der Waals surface area contributed by atoms with E-state index in [1.807, 2.05) is 0 Å². The molecule has 4 rings (SSSR count). The first kappa shape index (κ1) is 14.6. The molecule has 0 spiro atoms. The Morgan fingerprint density at radius 3 is 3.00 bits per heavy atom. The van der Waals surface area contributed by atoms with Crippen molar-refractivity contribution in [3.05, 3.63) is 28.9 Å². The van der Waals surface area contributed by atoms with Crippen LogP contribution in [0.4, 0.5) is 0 Å². The van der Waals surface area contributed by atoms with E-state index in [1.54, 1.807) is 17.6 Å². The molecular weight excluding hydrogens is 314 g/mol. The van der Waals surface area contributed by atoms with Crippen molar-refractivity contribution in [2.24, 2.45) is 0 Å². The summed E-state index contributed by atoms with van der Waals surface area (Å²) in [6.45, 7) is 0. The zero-order chi connectivity index (χ0) is 16.0. The highest BCUT2D eigenvalue weighted by Crippen LogP contribution is 2.29. The van der Waals surface area contributed by atoms with Gasteiger partial charge in [-0.2, -0.15) is 0 Å². The fourth-order valence-corrected chi connectivity index (χ4v) is 4.43. The van der Waals surface area contributed by atoms with Crippen LogP contribution in [0.2, 0.25) is 0 Å². The van der Waals surface area contributed by atoms with Gasteiger partial charge in [0.1, 0.15) is 5.69 Å². The minimum atomic E-state index is -0.397. The number of thiophene rings is 1. The number of carbonyl (C=O) groups excluding carboxylic acids is 2. The molecular formula is C16H17N3O3S. The lowest BCUT2D eigenvalue weighted by Crippen LogP contribution is -2.43. The molecule has 2 aromatic rings. The van der Waals surface area contributed by atoms with Crippen molar-refractivity contribution < 1.29 is 14.3 Å². The number of ether oxygens (including phenoxy) is 1. The maximum Gasteiger partial charge on any atom is 0.339 e. The summed E-state index contributed by atoms with van der Waals surface area (Å²) in [4.78, 5) is 28.5. The summed E-state index contributed by atoms with van der Waals surface area (Å²) < 4.78 is 5.65. The first-order valence-corrected chi connectivity index (χ1v) is 8.56. The molecule has 0 unspecified atom stereocenters. The van der Waals surface area contributed by atoms with Gasteiger partial charge in [0.05, 0.1) is 17.4 Å². The first-order valence-electron chi connectivity index (χ1n) is 7.68. The normalized spacial score (nSPS) is 25.7. The lowest BCUT2D eigenvalue weighted by Gasteiger charge is -2.21. The fourth-order valence-electron chi connectivity index (χ4n) is 3.55. The van der Waals surface area contributed by atoms with Gasteiger partial charge in [0.2, 0.25) is 0 Å². The molecule has 120 valence electrons. The molecule has 2 N–H and O–H groups in total. The minimum absolute atomic E-state index is 0.168. The van der Waals surface area contributed by atoms with Gasteiger partial charge in [-0.05, 0) is 25.3 Å². The number of nitrogens with zero attached hydrogens (tertiary/aromatic N) is 1. The molecule has 3 atom stereocenters. The van der Waals surface area contributed by atoms with Crippen LogP contribution >= 0.6 is 11.3 Å². The Morgan fingerprint density at radius 1 is 1.43 bits per heavy atom. The van der Waals surface area contributed by atoms with Crippen molar-refractivity contribution in [3.8, 4) is 0 Å². The maximum absolute atomic E-state index is 12.5. The van der Waals surface area contributed by atoms with E-state index in [1.165, 1.54) is 24.9 Å². The van der Waals surface area contributed by atoms with E-state index in [0.29, 0.717) is 28.7 Å². The van der Waals surface area contributed by atoms with Gasteiger partial charge in [-0.3, -0.25) is 4.79 Å². The van der Waals surface area contributed by atoms with E-state index < -0.39 is 5.97 Å². The monoisotopic (exact) mass is 331 g/mol. The van der Waals surface area contributed by atoms with Gasteiger partial charge in [0.15, 0.2) is 0 Å². The number of rotatable bonds is 3. The Morgan fingerprint density at radius 2 is 2.30 bits per heavy atom. The maximum atomic E-state index is 12.5. The Kier molecular flexibility index (Phi) is 3.54. The van der Waals surface area contributed by atoms with Crippen molar-refractivity contribution >= 4 is 33.3 Å². The molecule has 6 nitrogen and oxygen atoms in total. The van der Waals surface area contributed by atoms with Crippen molar-refractivity contribution in [1.29, 1.82) is 0 Å². The van der Waals surface area contributed by atoms with Gasteiger partial charge in [0, 0.05) is 35.1 Å². The highest BCUT2D eigenvalue weighted by atomic mass is 32.1. The van der Waals surface area contributed by atoms with E-state index in [-0.39, 0.29) is 11.9 Å². The molecule has 7 heteroatoms. The number of pyridine rings is 1.